The summed E-state index contributed by atoms with van der Waals surface area (Å²) in [6, 6.07) is 0. The zero-order valence-electron chi connectivity index (χ0n) is 13.0. The van der Waals surface area contributed by atoms with Crippen molar-refractivity contribution >= 4 is 0 Å². The number of rotatable bonds is 3. The molecule has 3 aliphatic rings. The number of hydrogen-bond acceptors (Lipinski definition) is 1. The van der Waals surface area contributed by atoms with Gasteiger partial charge < -0.3 is 5.32 Å². The minimum absolute atomic E-state index is 1.02. The van der Waals surface area contributed by atoms with E-state index < -0.39 is 0 Å². The van der Waals surface area contributed by atoms with Gasteiger partial charge in [-0.3, -0.25) is 0 Å². The minimum Gasteiger partial charge on any atom is -0.316 e. The van der Waals surface area contributed by atoms with Crippen molar-refractivity contribution in [2.45, 2.75) is 65.2 Å². The molecule has 1 N–H and O–H groups in total. The predicted molar refractivity (Wildman–Crippen MR) is 82.1 cm³/mol. The Kier molecular flexibility index (Phi) is 4.51. The molecular weight excluding hydrogens is 230 g/mol. The Morgan fingerprint density at radius 2 is 1.74 bits per heavy atom. The molecule has 2 saturated carbocycles. The molecular formula is C18H33N. The van der Waals surface area contributed by atoms with Crippen LogP contribution in [0.15, 0.2) is 0 Å². The maximum atomic E-state index is 3.63. The molecule has 1 saturated heterocycles. The van der Waals surface area contributed by atoms with Crippen LogP contribution >= 0.6 is 0 Å². The summed E-state index contributed by atoms with van der Waals surface area (Å²) in [4.78, 5) is 0. The van der Waals surface area contributed by atoms with Gasteiger partial charge >= 0.3 is 0 Å². The third kappa shape index (κ3) is 2.60. The number of hydrogen-bond donors (Lipinski definition) is 1. The fourth-order valence-electron chi connectivity index (χ4n) is 6.06. The quantitative estimate of drug-likeness (QED) is 0.792. The van der Waals surface area contributed by atoms with Crippen molar-refractivity contribution in [3.05, 3.63) is 0 Å². The van der Waals surface area contributed by atoms with E-state index in [4.69, 9.17) is 0 Å². The highest BCUT2D eigenvalue weighted by Gasteiger charge is 2.46. The Morgan fingerprint density at radius 3 is 2.53 bits per heavy atom. The molecule has 0 amide bonds. The zero-order valence-corrected chi connectivity index (χ0v) is 13.0. The summed E-state index contributed by atoms with van der Waals surface area (Å²) in [6.07, 6.45) is 12.0. The summed E-state index contributed by atoms with van der Waals surface area (Å²) < 4.78 is 0. The summed E-state index contributed by atoms with van der Waals surface area (Å²) >= 11 is 0. The first-order valence-electron chi connectivity index (χ1n) is 9.05. The SMILES string of the molecule is CCCC1CCC2C3CCNCC3CCC2C1CC. The molecule has 1 aliphatic heterocycles. The first kappa shape index (κ1) is 13.9. The van der Waals surface area contributed by atoms with Crippen LogP contribution < -0.4 is 5.32 Å². The largest absolute Gasteiger partial charge is 0.316 e. The molecule has 0 radical (unpaired) electrons. The van der Waals surface area contributed by atoms with Gasteiger partial charge in [0.1, 0.15) is 0 Å². The molecule has 0 aromatic carbocycles. The summed E-state index contributed by atoms with van der Waals surface area (Å²) in [5.41, 5.74) is 0. The molecule has 6 unspecified atom stereocenters. The molecule has 1 heteroatoms. The maximum absolute atomic E-state index is 3.63. The van der Waals surface area contributed by atoms with Crippen LogP contribution in [-0.2, 0) is 0 Å². The topological polar surface area (TPSA) is 12.0 Å². The summed E-state index contributed by atoms with van der Waals surface area (Å²) in [5, 5.41) is 3.63. The average Bonchev–Trinajstić information content (AvgIpc) is 2.47. The number of nitrogens with one attached hydrogen (secondary N) is 1. The van der Waals surface area contributed by atoms with E-state index >= 15 is 0 Å². The van der Waals surface area contributed by atoms with E-state index in [1.807, 2.05) is 0 Å². The van der Waals surface area contributed by atoms with Gasteiger partial charge in [-0.2, -0.15) is 0 Å². The van der Waals surface area contributed by atoms with Crippen LogP contribution in [0.1, 0.15) is 65.2 Å². The van der Waals surface area contributed by atoms with Crippen molar-refractivity contribution in [1.82, 2.24) is 5.32 Å². The predicted octanol–water partition coefficient (Wildman–Crippen LogP) is 4.47. The number of piperidine rings is 1. The molecule has 110 valence electrons. The molecule has 1 nitrogen and oxygen atoms in total. The normalized spacial score (nSPS) is 46.4. The molecule has 0 aromatic rings. The molecule has 0 spiro atoms. The molecule has 6 atom stereocenters. The second-order valence-electron chi connectivity index (χ2n) is 7.52. The monoisotopic (exact) mass is 263 g/mol. The van der Waals surface area contributed by atoms with E-state index in [2.05, 4.69) is 19.2 Å². The van der Waals surface area contributed by atoms with Gasteiger partial charge in [0.05, 0.1) is 0 Å². The van der Waals surface area contributed by atoms with Crippen molar-refractivity contribution in [2.24, 2.45) is 35.5 Å². The lowest BCUT2D eigenvalue weighted by Crippen LogP contribution is -2.49. The van der Waals surface area contributed by atoms with Crippen molar-refractivity contribution in [3.8, 4) is 0 Å². The lowest BCUT2D eigenvalue weighted by molar-refractivity contribution is -0.0262. The third-order valence-electron chi connectivity index (χ3n) is 6.79. The summed E-state index contributed by atoms with van der Waals surface area (Å²) in [7, 11) is 0. The lowest BCUT2D eigenvalue weighted by Gasteiger charge is -2.53. The van der Waals surface area contributed by atoms with Crippen LogP contribution in [0.3, 0.4) is 0 Å². The van der Waals surface area contributed by atoms with E-state index in [9.17, 15) is 0 Å². The van der Waals surface area contributed by atoms with Crippen molar-refractivity contribution in [3.63, 3.8) is 0 Å². The molecule has 2 aliphatic carbocycles. The third-order valence-corrected chi connectivity index (χ3v) is 6.79. The lowest BCUT2D eigenvalue weighted by atomic mass is 9.54. The highest BCUT2D eigenvalue weighted by Crippen LogP contribution is 2.53. The molecule has 1 heterocycles. The first-order chi connectivity index (χ1) is 9.35. The van der Waals surface area contributed by atoms with Crippen LogP contribution in [-0.4, -0.2) is 13.1 Å². The van der Waals surface area contributed by atoms with Crippen LogP contribution in [0.4, 0.5) is 0 Å². The highest BCUT2D eigenvalue weighted by atomic mass is 14.9. The molecule has 0 bridgehead atoms. The van der Waals surface area contributed by atoms with Crippen LogP contribution in [0.25, 0.3) is 0 Å². The van der Waals surface area contributed by atoms with Crippen LogP contribution in [0.2, 0.25) is 0 Å². The number of fused-ring (bicyclic) bond motifs is 3. The van der Waals surface area contributed by atoms with Crippen LogP contribution in [0.5, 0.6) is 0 Å². The Bertz CT molecular complexity index is 287. The van der Waals surface area contributed by atoms with Crippen LogP contribution in [0, 0.1) is 35.5 Å². The molecule has 3 fully saturated rings. The van der Waals surface area contributed by atoms with Gasteiger partial charge in [-0.15, -0.1) is 0 Å². The van der Waals surface area contributed by atoms with Gasteiger partial charge in [0.25, 0.3) is 0 Å². The molecule has 19 heavy (non-hydrogen) atoms. The van der Waals surface area contributed by atoms with Crippen molar-refractivity contribution < 1.29 is 0 Å². The van der Waals surface area contributed by atoms with Gasteiger partial charge in [0.15, 0.2) is 0 Å². The van der Waals surface area contributed by atoms with Crippen molar-refractivity contribution in [1.29, 1.82) is 0 Å². The van der Waals surface area contributed by atoms with E-state index in [0.717, 1.165) is 35.5 Å². The van der Waals surface area contributed by atoms with E-state index in [1.54, 1.807) is 19.3 Å². The smallest absolute Gasteiger partial charge is 0.00178 e. The zero-order chi connectivity index (χ0) is 13.2. The highest BCUT2D eigenvalue weighted by molar-refractivity contribution is 4.97. The minimum atomic E-state index is 1.02. The molecule has 0 aromatic heterocycles. The Balaban J connectivity index is 1.73. The van der Waals surface area contributed by atoms with Gasteiger partial charge in [0, 0.05) is 0 Å². The second kappa shape index (κ2) is 6.16. The Morgan fingerprint density at radius 1 is 0.895 bits per heavy atom. The maximum Gasteiger partial charge on any atom is -0.00178 e. The van der Waals surface area contributed by atoms with Gasteiger partial charge in [0.2, 0.25) is 0 Å². The summed E-state index contributed by atoms with van der Waals surface area (Å²) in [5.74, 6) is 6.42. The second-order valence-corrected chi connectivity index (χ2v) is 7.52. The fraction of sp³-hybridized carbons (Fsp3) is 1.00. The van der Waals surface area contributed by atoms with Gasteiger partial charge in [-0.05, 0) is 80.7 Å². The Labute approximate surface area is 119 Å². The average molecular weight is 263 g/mol. The molecule has 3 rings (SSSR count). The summed E-state index contributed by atoms with van der Waals surface area (Å²) in [6.45, 7) is 7.45. The fourth-order valence-corrected chi connectivity index (χ4v) is 6.06. The van der Waals surface area contributed by atoms with E-state index in [1.165, 1.54) is 45.2 Å². The Hall–Kier alpha value is -0.0400. The van der Waals surface area contributed by atoms with E-state index in [0.29, 0.717) is 0 Å². The van der Waals surface area contributed by atoms with Crippen molar-refractivity contribution in [2.75, 3.05) is 13.1 Å². The first-order valence-corrected chi connectivity index (χ1v) is 9.05. The van der Waals surface area contributed by atoms with Gasteiger partial charge in [-0.1, -0.05) is 33.1 Å². The standard InChI is InChI=1S/C18H33N/c1-3-5-13-6-8-18-16-10-11-19-12-14(16)7-9-17(18)15(13)4-2/h13-19H,3-12H2,1-2H3. The van der Waals surface area contributed by atoms with E-state index in [-0.39, 0.29) is 0 Å². The van der Waals surface area contributed by atoms with Gasteiger partial charge in [-0.25, -0.2) is 0 Å².